The number of alkyl carbamates (subject to hydrolysis) is 1. The number of hydrogen-bond acceptors (Lipinski definition) is 5. The molecule has 8 nitrogen and oxygen atoms in total. The van der Waals surface area contributed by atoms with Crippen molar-refractivity contribution >= 4 is 23.8 Å². The zero-order chi connectivity index (χ0) is 21.7. The molecule has 2 amide bonds. The Morgan fingerprint density at radius 1 is 1.10 bits per heavy atom. The van der Waals surface area contributed by atoms with E-state index >= 15 is 0 Å². The Bertz CT molecular complexity index is 915. The van der Waals surface area contributed by atoms with Crippen LogP contribution in [0.3, 0.4) is 0 Å². The van der Waals surface area contributed by atoms with E-state index in [0.717, 1.165) is 11.1 Å². The molecule has 1 aliphatic rings. The maximum Gasteiger partial charge on any atom is 0.507 e. The van der Waals surface area contributed by atoms with E-state index in [1.54, 1.807) is 26.0 Å². The lowest BCUT2D eigenvalue weighted by Crippen LogP contribution is -2.54. The van der Waals surface area contributed by atoms with Crippen LogP contribution in [-0.2, 0) is 27.3 Å². The monoisotopic (exact) mass is 412 g/mol. The number of rotatable bonds is 6. The summed E-state index contributed by atoms with van der Waals surface area (Å²) >= 11 is 0. The van der Waals surface area contributed by atoms with Crippen LogP contribution >= 0.6 is 0 Å². The standard InChI is InChI=1S/C22H24N2O6/c1-14(2)19(23-21(26)29-13-15-8-4-3-5-9-15)20(25)24-17-11-7-6-10-16(17)12-18(24)30-22(27)28/h3-11,14,18-19H,12-13H2,1-2H3,(H,23,26)(H,27,28)/t18-,19-/m0/s1. The molecule has 2 atom stereocenters. The number of fused-ring (bicyclic) bond motifs is 1. The molecule has 2 N–H and O–H groups in total. The highest BCUT2D eigenvalue weighted by atomic mass is 16.7. The highest BCUT2D eigenvalue weighted by molar-refractivity contribution is 6.01. The second-order valence-corrected chi connectivity index (χ2v) is 7.31. The molecule has 0 saturated heterocycles. The van der Waals surface area contributed by atoms with Crippen LogP contribution in [0, 0.1) is 5.92 Å². The van der Waals surface area contributed by atoms with Gasteiger partial charge in [0.2, 0.25) is 0 Å². The Labute approximate surface area is 174 Å². The van der Waals surface area contributed by atoms with Gasteiger partial charge in [-0.15, -0.1) is 0 Å². The molecule has 3 rings (SSSR count). The molecule has 1 heterocycles. The molecule has 0 radical (unpaired) electrons. The SMILES string of the molecule is CC(C)[C@H](NC(=O)OCc1ccccc1)C(=O)N1c2ccccc2C[C@@H]1OC(=O)O. The number of para-hydroxylation sites is 1. The van der Waals surface area contributed by atoms with Crippen LogP contribution in [0.5, 0.6) is 0 Å². The Morgan fingerprint density at radius 3 is 2.43 bits per heavy atom. The summed E-state index contributed by atoms with van der Waals surface area (Å²) in [5.74, 6) is -0.724. The van der Waals surface area contributed by atoms with Crippen LogP contribution in [0.2, 0.25) is 0 Å². The number of carboxylic acid groups (broad SMARTS) is 1. The molecule has 0 bridgehead atoms. The average molecular weight is 412 g/mol. The number of anilines is 1. The fourth-order valence-electron chi connectivity index (χ4n) is 3.38. The van der Waals surface area contributed by atoms with Crippen LogP contribution < -0.4 is 10.2 Å². The van der Waals surface area contributed by atoms with Gasteiger partial charge in [-0.3, -0.25) is 9.69 Å². The van der Waals surface area contributed by atoms with Gasteiger partial charge in [-0.05, 0) is 23.1 Å². The molecule has 0 aromatic heterocycles. The first-order valence-electron chi connectivity index (χ1n) is 9.64. The quantitative estimate of drug-likeness (QED) is 0.703. The lowest BCUT2D eigenvalue weighted by molar-refractivity contribution is -0.123. The van der Waals surface area contributed by atoms with Crippen LogP contribution in [0.4, 0.5) is 15.3 Å². The number of ether oxygens (including phenoxy) is 2. The predicted octanol–water partition coefficient (Wildman–Crippen LogP) is 3.55. The van der Waals surface area contributed by atoms with Crippen LogP contribution in [-0.4, -0.2) is 35.5 Å². The number of nitrogens with zero attached hydrogens (tertiary/aromatic N) is 1. The molecule has 1 aliphatic heterocycles. The van der Waals surface area contributed by atoms with Crippen molar-refractivity contribution in [2.45, 2.75) is 39.1 Å². The molecule has 0 spiro atoms. The van der Waals surface area contributed by atoms with Crippen molar-refractivity contribution in [3.8, 4) is 0 Å². The fraction of sp³-hybridized carbons (Fsp3) is 0.318. The van der Waals surface area contributed by atoms with E-state index in [1.807, 2.05) is 42.5 Å². The average Bonchev–Trinajstić information content (AvgIpc) is 3.07. The first-order chi connectivity index (χ1) is 14.4. The van der Waals surface area contributed by atoms with Gasteiger partial charge in [-0.1, -0.05) is 62.4 Å². The van der Waals surface area contributed by atoms with E-state index in [4.69, 9.17) is 14.6 Å². The van der Waals surface area contributed by atoms with Gasteiger partial charge in [0.1, 0.15) is 12.6 Å². The number of hydrogen-bond donors (Lipinski definition) is 2. The topological polar surface area (TPSA) is 105 Å². The number of carbonyl (C=O) groups excluding carboxylic acids is 2. The number of benzene rings is 2. The van der Waals surface area contributed by atoms with E-state index in [-0.39, 0.29) is 18.9 Å². The van der Waals surface area contributed by atoms with Gasteiger partial charge < -0.3 is 19.9 Å². The van der Waals surface area contributed by atoms with E-state index in [1.165, 1.54) is 4.90 Å². The molecular formula is C22H24N2O6. The molecule has 0 saturated carbocycles. The molecule has 0 aliphatic carbocycles. The molecule has 2 aromatic rings. The zero-order valence-corrected chi connectivity index (χ0v) is 16.8. The summed E-state index contributed by atoms with van der Waals surface area (Å²) in [6.07, 6.45) is -2.94. The van der Waals surface area contributed by atoms with Crippen LogP contribution in [0.25, 0.3) is 0 Å². The first kappa shape index (κ1) is 21.2. The van der Waals surface area contributed by atoms with Gasteiger partial charge in [0.15, 0.2) is 6.23 Å². The highest BCUT2D eigenvalue weighted by Gasteiger charge is 2.40. The Morgan fingerprint density at radius 2 is 1.77 bits per heavy atom. The van der Waals surface area contributed by atoms with Gasteiger partial charge in [0.25, 0.3) is 5.91 Å². The van der Waals surface area contributed by atoms with Gasteiger partial charge in [-0.2, -0.15) is 0 Å². The van der Waals surface area contributed by atoms with Gasteiger partial charge in [0, 0.05) is 6.42 Å². The second kappa shape index (κ2) is 9.30. The third kappa shape index (κ3) is 4.89. The minimum Gasteiger partial charge on any atom is -0.450 e. The summed E-state index contributed by atoms with van der Waals surface area (Å²) in [6.45, 7) is 3.65. The van der Waals surface area contributed by atoms with Crippen molar-refractivity contribution in [1.29, 1.82) is 0 Å². The normalized spacial score (nSPS) is 16.0. The fourth-order valence-corrected chi connectivity index (χ4v) is 3.38. The molecular weight excluding hydrogens is 388 g/mol. The van der Waals surface area contributed by atoms with E-state index < -0.39 is 30.4 Å². The summed E-state index contributed by atoms with van der Waals surface area (Å²) in [6, 6.07) is 15.4. The first-order valence-corrected chi connectivity index (χ1v) is 9.64. The van der Waals surface area contributed by atoms with Gasteiger partial charge in [-0.25, -0.2) is 9.59 Å². The smallest absolute Gasteiger partial charge is 0.450 e. The highest BCUT2D eigenvalue weighted by Crippen LogP contribution is 2.33. The van der Waals surface area contributed by atoms with Crippen molar-refractivity contribution in [3.05, 3.63) is 65.7 Å². The number of nitrogens with one attached hydrogen (secondary N) is 1. The van der Waals surface area contributed by atoms with Gasteiger partial charge in [0.05, 0.1) is 5.69 Å². The number of amides is 2. The van der Waals surface area contributed by atoms with E-state index in [2.05, 4.69) is 5.32 Å². The van der Waals surface area contributed by atoms with Crippen molar-refractivity contribution in [1.82, 2.24) is 5.32 Å². The zero-order valence-electron chi connectivity index (χ0n) is 16.8. The molecule has 0 fully saturated rings. The maximum absolute atomic E-state index is 13.3. The lowest BCUT2D eigenvalue weighted by Gasteiger charge is -2.30. The predicted molar refractivity (Wildman–Crippen MR) is 109 cm³/mol. The van der Waals surface area contributed by atoms with Crippen molar-refractivity contribution < 1.29 is 29.0 Å². The maximum atomic E-state index is 13.3. The third-order valence-corrected chi connectivity index (χ3v) is 4.83. The largest absolute Gasteiger partial charge is 0.507 e. The summed E-state index contributed by atoms with van der Waals surface area (Å²) in [4.78, 5) is 38.1. The molecule has 158 valence electrons. The molecule has 8 heteroatoms. The van der Waals surface area contributed by atoms with Crippen LogP contribution in [0.1, 0.15) is 25.0 Å². The summed E-state index contributed by atoms with van der Waals surface area (Å²) < 4.78 is 10.2. The molecule has 30 heavy (non-hydrogen) atoms. The van der Waals surface area contributed by atoms with Crippen molar-refractivity contribution in [2.24, 2.45) is 5.92 Å². The lowest BCUT2D eigenvalue weighted by atomic mass is 10.0. The molecule has 2 aromatic carbocycles. The third-order valence-electron chi connectivity index (χ3n) is 4.83. The van der Waals surface area contributed by atoms with E-state index in [9.17, 15) is 14.4 Å². The van der Waals surface area contributed by atoms with Gasteiger partial charge >= 0.3 is 12.2 Å². The minimum atomic E-state index is -1.47. The summed E-state index contributed by atoms with van der Waals surface area (Å²) in [5.41, 5.74) is 2.19. The Hall–Kier alpha value is -3.55. The minimum absolute atomic E-state index is 0.0724. The molecule has 0 unspecified atom stereocenters. The number of carbonyl (C=O) groups is 3. The van der Waals surface area contributed by atoms with Crippen molar-refractivity contribution in [3.63, 3.8) is 0 Å². The summed E-state index contributed by atoms with van der Waals surface area (Å²) in [7, 11) is 0. The van der Waals surface area contributed by atoms with Crippen molar-refractivity contribution in [2.75, 3.05) is 4.90 Å². The Kier molecular flexibility index (Phi) is 6.56. The second-order valence-electron chi connectivity index (χ2n) is 7.31. The van der Waals surface area contributed by atoms with E-state index in [0.29, 0.717) is 5.69 Å². The summed E-state index contributed by atoms with van der Waals surface area (Å²) in [5, 5.41) is 11.7. The van der Waals surface area contributed by atoms with Crippen LogP contribution in [0.15, 0.2) is 54.6 Å². The Balaban J connectivity index is 1.74.